The quantitative estimate of drug-likeness (QED) is 0.839. The molecule has 3 heteroatoms. The van der Waals surface area contributed by atoms with Crippen molar-refractivity contribution >= 4 is 17.3 Å². The number of fused-ring (bicyclic) bond motifs is 1. The van der Waals surface area contributed by atoms with Gasteiger partial charge >= 0.3 is 0 Å². The van der Waals surface area contributed by atoms with Crippen LogP contribution in [0.5, 0.6) is 0 Å². The lowest BCUT2D eigenvalue weighted by Gasteiger charge is -2.44. The van der Waals surface area contributed by atoms with Crippen molar-refractivity contribution in [2.75, 3.05) is 12.4 Å². The Kier molecular flexibility index (Phi) is 4.18. The summed E-state index contributed by atoms with van der Waals surface area (Å²) in [6, 6.07) is 16.1. The van der Waals surface area contributed by atoms with Gasteiger partial charge in [-0.2, -0.15) is 0 Å². The van der Waals surface area contributed by atoms with Crippen LogP contribution in [0.25, 0.3) is 5.70 Å². The van der Waals surface area contributed by atoms with E-state index in [-0.39, 0.29) is 11.4 Å². The summed E-state index contributed by atoms with van der Waals surface area (Å²) < 4.78 is 0. The molecule has 124 valence electrons. The van der Waals surface area contributed by atoms with E-state index in [2.05, 4.69) is 49.3 Å². The third kappa shape index (κ3) is 3.07. The van der Waals surface area contributed by atoms with E-state index >= 15 is 0 Å². The Bertz CT molecular complexity index is 805. The number of nitrogens with zero attached hydrogens (tertiary/aromatic N) is 1. The fourth-order valence-corrected chi connectivity index (χ4v) is 3.20. The molecule has 1 N–H and O–H groups in total. The van der Waals surface area contributed by atoms with Crippen LogP contribution in [0.3, 0.4) is 0 Å². The van der Waals surface area contributed by atoms with Crippen molar-refractivity contribution in [3.8, 4) is 0 Å². The molecule has 1 heterocycles. The first-order chi connectivity index (χ1) is 11.4. The SMILES string of the molecule is Cc1ccccc1NC(=O)/C=C1/c2ccccc2CC(C)(C)N1C. The highest BCUT2D eigenvalue weighted by atomic mass is 16.1. The van der Waals surface area contributed by atoms with Crippen LogP contribution in [0, 0.1) is 6.92 Å². The van der Waals surface area contributed by atoms with Crippen LogP contribution in [0.4, 0.5) is 5.69 Å². The van der Waals surface area contributed by atoms with Gasteiger partial charge in [0.1, 0.15) is 0 Å². The van der Waals surface area contributed by atoms with E-state index in [0.29, 0.717) is 0 Å². The van der Waals surface area contributed by atoms with Crippen LogP contribution >= 0.6 is 0 Å². The number of benzene rings is 2. The summed E-state index contributed by atoms with van der Waals surface area (Å²) in [4.78, 5) is 14.8. The fourth-order valence-electron chi connectivity index (χ4n) is 3.20. The number of aryl methyl sites for hydroxylation is 1. The molecule has 0 radical (unpaired) electrons. The highest BCUT2D eigenvalue weighted by Gasteiger charge is 2.33. The highest BCUT2D eigenvalue weighted by molar-refractivity contribution is 6.04. The Hall–Kier alpha value is -2.55. The van der Waals surface area contributed by atoms with Gasteiger partial charge in [0.25, 0.3) is 0 Å². The number of hydrogen-bond donors (Lipinski definition) is 1. The van der Waals surface area contributed by atoms with E-state index in [1.54, 1.807) is 6.08 Å². The highest BCUT2D eigenvalue weighted by Crippen LogP contribution is 2.36. The maximum absolute atomic E-state index is 12.6. The molecule has 0 fully saturated rings. The number of rotatable bonds is 2. The number of likely N-dealkylation sites (N-methyl/N-ethyl adjacent to an activating group) is 1. The molecule has 3 nitrogen and oxygen atoms in total. The van der Waals surface area contributed by atoms with Gasteiger partial charge in [-0.05, 0) is 44.4 Å². The molecule has 24 heavy (non-hydrogen) atoms. The van der Waals surface area contributed by atoms with Crippen molar-refractivity contribution in [2.45, 2.75) is 32.7 Å². The van der Waals surface area contributed by atoms with Gasteiger partial charge in [-0.15, -0.1) is 0 Å². The van der Waals surface area contributed by atoms with Gasteiger partial charge in [0.05, 0.1) is 0 Å². The zero-order chi connectivity index (χ0) is 17.3. The molecule has 0 atom stereocenters. The van der Waals surface area contributed by atoms with Gasteiger partial charge in [-0.3, -0.25) is 4.79 Å². The summed E-state index contributed by atoms with van der Waals surface area (Å²) in [6.07, 6.45) is 2.68. The van der Waals surface area contributed by atoms with Crippen molar-refractivity contribution in [2.24, 2.45) is 0 Å². The lowest BCUT2D eigenvalue weighted by atomic mass is 9.84. The normalized spacial score (nSPS) is 17.5. The maximum Gasteiger partial charge on any atom is 0.250 e. The number of amides is 1. The van der Waals surface area contributed by atoms with Crippen molar-refractivity contribution in [1.29, 1.82) is 0 Å². The minimum absolute atomic E-state index is 0.0247. The first-order valence-electron chi connectivity index (χ1n) is 8.29. The lowest BCUT2D eigenvalue weighted by molar-refractivity contribution is -0.111. The monoisotopic (exact) mass is 320 g/mol. The van der Waals surface area contributed by atoms with Crippen LogP contribution in [-0.2, 0) is 11.2 Å². The molecule has 0 saturated carbocycles. The number of carbonyl (C=O) groups is 1. The molecule has 0 bridgehead atoms. The Labute approximate surface area is 144 Å². The van der Waals surface area contributed by atoms with E-state index < -0.39 is 0 Å². The Morgan fingerprint density at radius 3 is 2.54 bits per heavy atom. The van der Waals surface area contributed by atoms with Crippen LogP contribution in [0.2, 0.25) is 0 Å². The third-order valence-corrected chi connectivity index (χ3v) is 4.86. The van der Waals surface area contributed by atoms with Crippen LogP contribution in [0.15, 0.2) is 54.6 Å². The molecule has 0 unspecified atom stereocenters. The molecular formula is C21H24N2O. The van der Waals surface area contributed by atoms with E-state index in [0.717, 1.165) is 28.9 Å². The molecule has 1 aliphatic rings. The molecule has 2 aromatic carbocycles. The van der Waals surface area contributed by atoms with Gasteiger partial charge in [0.15, 0.2) is 0 Å². The van der Waals surface area contributed by atoms with Gasteiger partial charge in [0, 0.05) is 35.6 Å². The van der Waals surface area contributed by atoms with Gasteiger partial charge < -0.3 is 10.2 Å². The molecule has 0 aromatic heterocycles. The summed E-state index contributed by atoms with van der Waals surface area (Å²) in [5, 5.41) is 2.99. The summed E-state index contributed by atoms with van der Waals surface area (Å²) in [5.41, 5.74) is 5.28. The maximum atomic E-state index is 12.6. The molecule has 0 saturated heterocycles. The minimum atomic E-state index is -0.0985. The predicted octanol–water partition coefficient (Wildman–Crippen LogP) is 4.24. The largest absolute Gasteiger partial charge is 0.368 e. The zero-order valence-electron chi connectivity index (χ0n) is 14.8. The second-order valence-electron chi connectivity index (χ2n) is 7.04. The topological polar surface area (TPSA) is 32.3 Å². The van der Waals surface area contributed by atoms with Gasteiger partial charge in [-0.1, -0.05) is 42.5 Å². The first kappa shape index (κ1) is 16.3. The smallest absolute Gasteiger partial charge is 0.250 e. The van der Waals surface area contributed by atoms with E-state index in [4.69, 9.17) is 0 Å². The second kappa shape index (κ2) is 6.16. The number of anilines is 1. The average molecular weight is 320 g/mol. The van der Waals surface area contributed by atoms with Crippen molar-refractivity contribution < 1.29 is 4.79 Å². The number of nitrogens with one attached hydrogen (secondary N) is 1. The first-order valence-corrected chi connectivity index (χ1v) is 8.29. The molecule has 0 spiro atoms. The third-order valence-electron chi connectivity index (χ3n) is 4.86. The Balaban J connectivity index is 1.96. The van der Waals surface area contributed by atoms with E-state index in [1.807, 2.05) is 37.3 Å². The minimum Gasteiger partial charge on any atom is -0.368 e. The summed E-state index contributed by atoms with van der Waals surface area (Å²) in [5.74, 6) is -0.0985. The summed E-state index contributed by atoms with van der Waals surface area (Å²) in [6.45, 7) is 6.40. The fraction of sp³-hybridized carbons (Fsp3) is 0.286. The zero-order valence-corrected chi connectivity index (χ0v) is 14.8. The van der Waals surface area contributed by atoms with Crippen LogP contribution < -0.4 is 5.32 Å². The van der Waals surface area contributed by atoms with E-state index in [9.17, 15) is 4.79 Å². The summed E-state index contributed by atoms with van der Waals surface area (Å²) >= 11 is 0. The number of para-hydroxylation sites is 1. The van der Waals surface area contributed by atoms with Gasteiger partial charge in [0.2, 0.25) is 5.91 Å². The van der Waals surface area contributed by atoms with Crippen LogP contribution in [0.1, 0.15) is 30.5 Å². The van der Waals surface area contributed by atoms with Crippen molar-refractivity contribution in [3.63, 3.8) is 0 Å². The van der Waals surface area contributed by atoms with Gasteiger partial charge in [-0.25, -0.2) is 0 Å². The predicted molar refractivity (Wildman–Crippen MR) is 99.8 cm³/mol. The molecule has 1 amide bonds. The molecule has 3 rings (SSSR count). The molecular weight excluding hydrogens is 296 g/mol. The van der Waals surface area contributed by atoms with E-state index in [1.165, 1.54) is 5.56 Å². The van der Waals surface area contributed by atoms with Crippen LogP contribution in [-0.4, -0.2) is 23.4 Å². The molecule has 2 aromatic rings. The standard InChI is InChI=1S/C21H24N2O/c1-15-9-5-8-12-18(15)22-20(24)13-19-17-11-7-6-10-16(17)14-21(2,3)23(19)4/h5-13H,14H2,1-4H3,(H,22,24)/b19-13-. The molecule has 1 aliphatic heterocycles. The van der Waals surface area contributed by atoms with Crippen molar-refractivity contribution in [1.82, 2.24) is 4.90 Å². The second-order valence-corrected chi connectivity index (χ2v) is 7.04. The summed E-state index contributed by atoms with van der Waals surface area (Å²) in [7, 11) is 2.06. The average Bonchev–Trinajstić information content (AvgIpc) is 2.54. The Morgan fingerprint density at radius 2 is 1.79 bits per heavy atom. The van der Waals surface area contributed by atoms with Crippen molar-refractivity contribution in [3.05, 3.63) is 71.3 Å². The Morgan fingerprint density at radius 1 is 1.12 bits per heavy atom. The number of hydrogen-bond acceptors (Lipinski definition) is 2. The number of carbonyl (C=O) groups excluding carboxylic acids is 1. The molecule has 0 aliphatic carbocycles. The lowest BCUT2D eigenvalue weighted by Crippen LogP contribution is -2.45.